The average Bonchev–Trinajstić information content (AvgIpc) is 2.67. The Morgan fingerprint density at radius 1 is 1.35 bits per heavy atom. The summed E-state index contributed by atoms with van der Waals surface area (Å²) < 4.78 is 0. The zero-order valence-electron chi connectivity index (χ0n) is 14.3. The highest BCUT2D eigenvalue weighted by atomic mass is 16.2. The van der Waals surface area contributed by atoms with Gasteiger partial charge >= 0.3 is 0 Å². The molecule has 10 nitrogen and oxygen atoms in total. The van der Waals surface area contributed by atoms with Crippen LogP contribution in [-0.4, -0.2) is 36.6 Å². The molecule has 1 aliphatic heterocycles. The van der Waals surface area contributed by atoms with E-state index in [9.17, 15) is 4.79 Å². The highest BCUT2D eigenvalue weighted by Gasteiger charge is 2.21. The lowest BCUT2D eigenvalue weighted by atomic mass is 10.00. The van der Waals surface area contributed by atoms with Crippen LogP contribution in [0.25, 0.3) is 26.5 Å². The van der Waals surface area contributed by atoms with Gasteiger partial charge in [-0.2, -0.15) is 0 Å². The number of nitrogens with two attached hydrogens (primary N) is 1. The van der Waals surface area contributed by atoms with Crippen LogP contribution in [0.1, 0.15) is 22.8 Å². The fourth-order valence-corrected chi connectivity index (χ4v) is 2.49. The minimum absolute atomic E-state index is 0.0888. The molecule has 0 radical (unpaired) electrons. The molecule has 0 unspecified atom stereocenters. The van der Waals surface area contributed by atoms with Gasteiger partial charge < -0.3 is 5.32 Å². The number of benzene rings is 1. The maximum atomic E-state index is 12.7. The molecule has 134 valence electrons. The van der Waals surface area contributed by atoms with Crippen LogP contribution in [0, 0.1) is 0 Å². The number of azide groups is 2. The Bertz CT molecular complexity index is 812. The van der Waals surface area contributed by atoms with Gasteiger partial charge in [0.05, 0.1) is 6.04 Å². The van der Waals surface area contributed by atoms with Gasteiger partial charge in [0.2, 0.25) is 0 Å². The summed E-state index contributed by atoms with van der Waals surface area (Å²) in [6, 6.07) is 6.33. The molecule has 0 fully saturated rings. The predicted molar refractivity (Wildman–Crippen MR) is 98.3 cm³/mol. The van der Waals surface area contributed by atoms with Gasteiger partial charge in [-0.1, -0.05) is 34.0 Å². The smallest absolute Gasteiger partial charge is 0.268 e. The highest BCUT2D eigenvalue weighted by molar-refractivity contribution is 5.95. The second kappa shape index (κ2) is 9.14. The molecule has 10 heteroatoms. The number of nitrogens with zero attached hydrogens (tertiary/aromatic N) is 7. The third-order valence-electron chi connectivity index (χ3n) is 3.82. The Labute approximate surface area is 150 Å². The summed E-state index contributed by atoms with van der Waals surface area (Å²) in [6.07, 6.45) is 3.94. The lowest BCUT2D eigenvalue weighted by molar-refractivity contribution is 0.0689. The van der Waals surface area contributed by atoms with Gasteiger partial charge in [-0.05, 0) is 41.3 Å². The van der Waals surface area contributed by atoms with Crippen LogP contribution < -0.4 is 11.2 Å². The largest absolute Gasteiger partial charge is 0.387 e. The maximum Gasteiger partial charge on any atom is 0.268 e. The first-order valence-corrected chi connectivity index (χ1v) is 7.88. The molecule has 0 spiro atoms. The minimum Gasteiger partial charge on any atom is -0.387 e. The van der Waals surface area contributed by atoms with E-state index >= 15 is 0 Å². The standard InChI is InChI=1S/C16H19N9O/c1-11-5-14(8-20-7-11)12-3-2-4-13(6-12)16(26)25(19)15(9-21-23-17)10-22-24-18/h2-6,8,15,20H,7,9-10,19H2,1H3. The number of allylic oxidation sites excluding steroid dienone is 2. The van der Waals surface area contributed by atoms with Crippen molar-refractivity contribution in [2.45, 2.75) is 13.0 Å². The Balaban J connectivity index is 2.24. The number of dihydropyridines is 1. The van der Waals surface area contributed by atoms with Crippen molar-refractivity contribution >= 4 is 11.5 Å². The van der Waals surface area contributed by atoms with Gasteiger partial charge in [-0.3, -0.25) is 9.80 Å². The molecule has 0 atom stereocenters. The maximum absolute atomic E-state index is 12.7. The number of rotatable bonds is 7. The number of carbonyl (C=O) groups excluding carboxylic acids is 1. The number of hydrazine groups is 1. The van der Waals surface area contributed by atoms with Crippen molar-refractivity contribution in [1.29, 1.82) is 0 Å². The first kappa shape index (κ1) is 18.9. The number of hydrogen-bond acceptors (Lipinski definition) is 5. The summed E-state index contributed by atoms with van der Waals surface area (Å²) in [5.74, 6) is 5.45. The molecule has 0 bridgehead atoms. The average molecular weight is 353 g/mol. The highest BCUT2D eigenvalue weighted by Crippen LogP contribution is 2.21. The van der Waals surface area contributed by atoms with E-state index in [-0.39, 0.29) is 13.1 Å². The molecule has 0 aliphatic carbocycles. The molecule has 1 heterocycles. The Hall–Kier alpha value is -3.45. The van der Waals surface area contributed by atoms with Gasteiger partial charge in [0, 0.05) is 41.2 Å². The summed E-state index contributed by atoms with van der Waals surface area (Å²) in [5, 5.41) is 11.0. The van der Waals surface area contributed by atoms with Crippen LogP contribution in [-0.2, 0) is 0 Å². The SMILES string of the molecule is CC1=CC(c2cccc(C(=O)N(N)C(CN=[N+]=[N-])CN=[N+]=[N-])c2)=CNC1. The first-order valence-electron chi connectivity index (χ1n) is 7.88. The van der Waals surface area contributed by atoms with Crippen molar-refractivity contribution < 1.29 is 4.79 Å². The van der Waals surface area contributed by atoms with Crippen LogP contribution in [0.3, 0.4) is 0 Å². The van der Waals surface area contributed by atoms with Gasteiger partial charge in [0.1, 0.15) is 0 Å². The molecule has 1 aromatic rings. The van der Waals surface area contributed by atoms with E-state index in [2.05, 4.69) is 25.4 Å². The lowest BCUT2D eigenvalue weighted by Crippen LogP contribution is -2.48. The summed E-state index contributed by atoms with van der Waals surface area (Å²) >= 11 is 0. The van der Waals surface area contributed by atoms with Gasteiger partial charge in [-0.15, -0.1) is 0 Å². The summed E-state index contributed by atoms with van der Waals surface area (Å²) in [5.41, 5.74) is 20.4. The molecule has 3 N–H and O–H groups in total. The number of hydrogen-bond donors (Lipinski definition) is 2. The summed E-state index contributed by atoms with van der Waals surface area (Å²) in [4.78, 5) is 18.0. The van der Waals surface area contributed by atoms with Crippen LogP contribution in [0.4, 0.5) is 0 Å². The van der Waals surface area contributed by atoms with E-state index < -0.39 is 11.9 Å². The van der Waals surface area contributed by atoms with Crippen LogP contribution >= 0.6 is 0 Å². The van der Waals surface area contributed by atoms with Gasteiger partial charge in [0.15, 0.2) is 0 Å². The Morgan fingerprint density at radius 3 is 2.65 bits per heavy atom. The molecule has 1 amide bonds. The Morgan fingerprint density at radius 2 is 2.04 bits per heavy atom. The zero-order valence-corrected chi connectivity index (χ0v) is 14.3. The first-order chi connectivity index (χ1) is 12.6. The minimum atomic E-state index is -0.726. The van der Waals surface area contributed by atoms with E-state index in [1.165, 1.54) is 5.57 Å². The van der Waals surface area contributed by atoms with E-state index in [0.717, 1.165) is 22.7 Å². The lowest BCUT2D eigenvalue weighted by Gasteiger charge is -2.25. The molecule has 2 rings (SSSR count). The van der Waals surface area contributed by atoms with E-state index in [1.54, 1.807) is 18.2 Å². The van der Waals surface area contributed by atoms with Crippen LogP contribution in [0.2, 0.25) is 0 Å². The Kier molecular flexibility index (Phi) is 6.64. The number of nitrogens with one attached hydrogen (secondary N) is 1. The van der Waals surface area contributed by atoms with Crippen LogP contribution in [0.5, 0.6) is 0 Å². The fourth-order valence-electron chi connectivity index (χ4n) is 2.49. The molecule has 0 aromatic heterocycles. The molecule has 26 heavy (non-hydrogen) atoms. The van der Waals surface area contributed by atoms with E-state index in [1.807, 2.05) is 25.3 Å². The third-order valence-corrected chi connectivity index (χ3v) is 3.82. The van der Waals surface area contributed by atoms with E-state index in [4.69, 9.17) is 16.9 Å². The molecular formula is C16H19N9O. The normalized spacial score (nSPS) is 13.9. The molecule has 0 saturated heterocycles. The molecule has 0 saturated carbocycles. The van der Waals surface area contributed by atoms with Gasteiger partial charge in [0.25, 0.3) is 5.91 Å². The molecular weight excluding hydrogens is 334 g/mol. The summed E-state index contributed by atoms with van der Waals surface area (Å²) in [6.45, 7) is 2.63. The van der Waals surface area contributed by atoms with Crippen molar-refractivity contribution in [3.8, 4) is 0 Å². The van der Waals surface area contributed by atoms with Crippen molar-refractivity contribution in [2.24, 2.45) is 16.1 Å². The fraction of sp³-hybridized carbons (Fsp3) is 0.312. The van der Waals surface area contributed by atoms with Crippen molar-refractivity contribution in [3.63, 3.8) is 0 Å². The van der Waals surface area contributed by atoms with Gasteiger partial charge in [-0.25, -0.2) is 5.84 Å². The van der Waals surface area contributed by atoms with E-state index in [0.29, 0.717) is 5.56 Å². The third kappa shape index (κ3) is 4.78. The topological polar surface area (TPSA) is 156 Å². The second-order valence-corrected chi connectivity index (χ2v) is 5.75. The monoisotopic (exact) mass is 353 g/mol. The van der Waals surface area contributed by atoms with Crippen molar-refractivity contribution in [2.75, 3.05) is 19.6 Å². The number of carbonyl (C=O) groups is 1. The van der Waals surface area contributed by atoms with Crippen molar-refractivity contribution in [1.82, 2.24) is 10.3 Å². The zero-order chi connectivity index (χ0) is 18.9. The number of amides is 1. The second-order valence-electron chi connectivity index (χ2n) is 5.75. The molecule has 1 aromatic carbocycles. The van der Waals surface area contributed by atoms with Crippen LogP contribution in [0.15, 0.2) is 52.3 Å². The predicted octanol–water partition coefficient (Wildman–Crippen LogP) is 2.88. The van der Waals surface area contributed by atoms with Crippen molar-refractivity contribution in [3.05, 3.63) is 74.1 Å². The molecule has 1 aliphatic rings. The quantitative estimate of drug-likeness (QED) is 0.193. The summed E-state index contributed by atoms with van der Waals surface area (Å²) in [7, 11) is 0.